The normalized spacial score (nSPS) is 19.4. The number of carbonyl (C=O) groups excluding carboxylic acids is 2. The van der Waals surface area contributed by atoms with Crippen LogP contribution < -0.4 is 5.32 Å². The molecule has 0 bridgehead atoms. The van der Waals surface area contributed by atoms with Crippen molar-refractivity contribution < 1.29 is 22.7 Å². The van der Waals surface area contributed by atoms with Crippen molar-refractivity contribution >= 4 is 38.2 Å². The first-order valence-electron chi connectivity index (χ1n) is 11.6. The van der Waals surface area contributed by atoms with Crippen LogP contribution in [-0.4, -0.2) is 62.8 Å². The van der Waals surface area contributed by atoms with Gasteiger partial charge in [0, 0.05) is 36.6 Å². The summed E-state index contributed by atoms with van der Waals surface area (Å²) in [5.74, 6) is -0.497. The van der Waals surface area contributed by atoms with Gasteiger partial charge >= 0.3 is 5.97 Å². The molecule has 4 rings (SSSR count). The maximum Gasteiger partial charge on any atom is 0.341 e. The van der Waals surface area contributed by atoms with Gasteiger partial charge in [-0.15, -0.1) is 11.3 Å². The van der Waals surface area contributed by atoms with Crippen molar-refractivity contribution in [2.24, 2.45) is 5.92 Å². The zero-order valence-corrected chi connectivity index (χ0v) is 21.4. The minimum Gasteiger partial charge on any atom is -0.462 e. The molecule has 1 atom stereocenters. The molecule has 0 radical (unpaired) electrons. The molecule has 34 heavy (non-hydrogen) atoms. The van der Waals surface area contributed by atoms with Crippen LogP contribution in [0.2, 0.25) is 0 Å². The minimum absolute atomic E-state index is 0.181. The number of fused-ring (bicyclic) bond motifs is 1. The van der Waals surface area contributed by atoms with Crippen LogP contribution in [0.15, 0.2) is 29.2 Å². The van der Waals surface area contributed by atoms with E-state index in [-0.39, 0.29) is 11.5 Å². The van der Waals surface area contributed by atoms with Crippen molar-refractivity contribution in [1.82, 2.24) is 9.21 Å². The zero-order chi connectivity index (χ0) is 24.5. The van der Waals surface area contributed by atoms with Crippen LogP contribution in [0, 0.1) is 5.92 Å². The summed E-state index contributed by atoms with van der Waals surface area (Å²) in [6.45, 7) is 6.63. The molecule has 1 aromatic carbocycles. The molecule has 2 aliphatic heterocycles. The van der Waals surface area contributed by atoms with Crippen LogP contribution in [0.5, 0.6) is 0 Å². The lowest BCUT2D eigenvalue weighted by Crippen LogP contribution is -2.39. The number of hydrogen-bond acceptors (Lipinski definition) is 7. The Kier molecular flexibility index (Phi) is 7.42. The standard InChI is InChI=1S/C24H31N3O5S2/c1-4-32-24(29)21-19-11-13-26(3)15-20(19)33-23(21)25-22(28)17-7-9-18(10-8-17)34(30,31)27-12-5-6-16(2)14-27/h7-10,16H,4-6,11-15H2,1-3H3,(H,25,28). The molecule has 1 N–H and O–H groups in total. The van der Waals surface area contributed by atoms with E-state index in [4.69, 9.17) is 4.74 Å². The molecule has 0 aliphatic carbocycles. The number of ether oxygens (including phenoxy) is 1. The number of hydrogen-bond donors (Lipinski definition) is 1. The number of nitrogens with zero attached hydrogens (tertiary/aromatic N) is 2. The van der Waals surface area contributed by atoms with Gasteiger partial charge in [0.2, 0.25) is 10.0 Å². The van der Waals surface area contributed by atoms with E-state index in [9.17, 15) is 18.0 Å². The second-order valence-corrected chi connectivity index (χ2v) is 12.0. The van der Waals surface area contributed by atoms with E-state index < -0.39 is 21.9 Å². The Morgan fingerprint density at radius 1 is 1.21 bits per heavy atom. The number of thiophene rings is 1. The summed E-state index contributed by atoms with van der Waals surface area (Å²) in [5, 5.41) is 3.34. The van der Waals surface area contributed by atoms with Crippen LogP contribution in [0.25, 0.3) is 0 Å². The first kappa shape index (κ1) is 24.8. The Labute approximate surface area is 204 Å². The lowest BCUT2D eigenvalue weighted by Gasteiger charge is -2.30. The number of esters is 1. The van der Waals surface area contributed by atoms with Gasteiger partial charge in [-0.1, -0.05) is 6.92 Å². The summed E-state index contributed by atoms with van der Waals surface area (Å²) in [4.78, 5) is 29.1. The third kappa shape index (κ3) is 5.05. The second-order valence-electron chi connectivity index (χ2n) is 9.01. The number of anilines is 1. The van der Waals surface area contributed by atoms with E-state index in [1.165, 1.54) is 39.9 Å². The molecular formula is C24H31N3O5S2. The van der Waals surface area contributed by atoms with E-state index in [1.807, 2.05) is 7.05 Å². The largest absolute Gasteiger partial charge is 0.462 e. The lowest BCUT2D eigenvalue weighted by atomic mass is 10.0. The summed E-state index contributed by atoms with van der Waals surface area (Å²) in [6.07, 6.45) is 2.60. The molecule has 10 heteroatoms. The average Bonchev–Trinajstić information content (AvgIpc) is 3.16. The van der Waals surface area contributed by atoms with E-state index in [0.717, 1.165) is 29.8 Å². The maximum atomic E-state index is 13.0. The van der Waals surface area contributed by atoms with Crippen LogP contribution in [-0.2, 0) is 27.7 Å². The predicted octanol–water partition coefficient (Wildman–Crippen LogP) is 3.59. The Morgan fingerprint density at radius 2 is 1.94 bits per heavy atom. The van der Waals surface area contributed by atoms with Crippen LogP contribution in [0.3, 0.4) is 0 Å². The first-order chi connectivity index (χ1) is 16.2. The highest BCUT2D eigenvalue weighted by molar-refractivity contribution is 7.89. The summed E-state index contributed by atoms with van der Waals surface area (Å²) < 4.78 is 32.8. The molecule has 1 aromatic heterocycles. The van der Waals surface area contributed by atoms with E-state index >= 15 is 0 Å². The molecule has 3 heterocycles. The van der Waals surface area contributed by atoms with Crippen molar-refractivity contribution in [3.8, 4) is 0 Å². The lowest BCUT2D eigenvalue weighted by molar-refractivity contribution is 0.0526. The quantitative estimate of drug-likeness (QED) is 0.603. The van der Waals surface area contributed by atoms with Gasteiger partial charge in [0.15, 0.2) is 0 Å². The summed E-state index contributed by atoms with van der Waals surface area (Å²) in [5.41, 5.74) is 1.69. The van der Waals surface area contributed by atoms with E-state index in [2.05, 4.69) is 17.1 Å². The van der Waals surface area contributed by atoms with Crippen LogP contribution in [0.1, 0.15) is 57.8 Å². The number of nitrogens with one attached hydrogen (secondary N) is 1. The Morgan fingerprint density at radius 3 is 2.62 bits per heavy atom. The molecule has 184 valence electrons. The zero-order valence-electron chi connectivity index (χ0n) is 19.8. The fourth-order valence-electron chi connectivity index (χ4n) is 4.51. The number of sulfonamides is 1. The van der Waals surface area contributed by atoms with Crippen molar-refractivity contribution in [1.29, 1.82) is 0 Å². The highest BCUT2D eigenvalue weighted by Crippen LogP contribution is 2.37. The molecule has 2 aromatic rings. The van der Waals surface area contributed by atoms with Crippen LogP contribution in [0.4, 0.5) is 5.00 Å². The second kappa shape index (κ2) is 10.2. The minimum atomic E-state index is -3.59. The number of likely N-dealkylation sites (N-methyl/N-ethyl adjacent to an activating group) is 1. The summed E-state index contributed by atoms with van der Waals surface area (Å²) in [7, 11) is -1.57. The van der Waals surface area contributed by atoms with Crippen LogP contribution >= 0.6 is 11.3 Å². The molecule has 0 spiro atoms. The fourth-order valence-corrected chi connectivity index (χ4v) is 7.42. The molecule has 1 fully saturated rings. The molecule has 1 saturated heterocycles. The fraction of sp³-hybridized carbons (Fsp3) is 0.500. The SMILES string of the molecule is CCOC(=O)c1c(NC(=O)c2ccc(S(=O)(=O)N3CCCC(C)C3)cc2)sc2c1CCN(C)C2. The first-order valence-corrected chi connectivity index (χ1v) is 13.9. The van der Waals surface area contributed by atoms with Gasteiger partial charge in [-0.2, -0.15) is 4.31 Å². The summed E-state index contributed by atoms with van der Waals surface area (Å²) >= 11 is 1.39. The molecule has 1 unspecified atom stereocenters. The van der Waals surface area contributed by atoms with Gasteiger partial charge in [0.25, 0.3) is 5.91 Å². The van der Waals surface area contributed by atoms with Gasteiger partial charge in [-0.05, 0) is 69.0 Å². The number of benzene rings is 1. The Bertz CT molecular complexity index is 1170. The van der Waals surface area contributed by atoms with Gasteiger partial charge in [0.05, 0.1) is 17.1 Å². The van der Waals surface area contributed by atoms with E-state index in [1.54, 1.807) is 6.92 Å². The van der Waals surface area contributed by atoms with Crippen molar-refractivity contribution in [3.63, 3.8) is 0 Å². The number of carbonyl (C=O) groups is 2. The average molecular weight is 506 g/mol. The van der Waals surface area contributed by atoms with Gasteiger partial charge in [-0.25, -0.2) is 13.2 Å². The molecule has 1 amide bonds. The molecule has 2 aliphatic rings. The Balaban J connectivity index is 1.55. The van der Waals surface area contributed by atoms with Crippen molar-refractivity contribution in [3.05, 3.63) is 45.8 Å². The smallest absolute Gasteiger partial charge is 0.341 e. The number of rotatable bonds is 6. The topological polar surface area (TPSA) is 96.0 Å². The predicted molar refractivity (Wildman–Crippen MR) is 132 cm³/mol. The Hall–Kier alpha value is -2.27. The van der Waals surface area contributed by atoms with Crippen molar-refractivity contribution in [2.75, 3.05) is 38.6 Å². The highest BCUT2D eigenvalue weighted by atomic mass is 32.2. The van der Waals surface area contributed by atoms with Gasteiger partial charge in [-0.3, -0.25) is 4.79 Å². The number of amides is 1. The third-order valence-electron chi connectivity index (χ3n) is 6.33. The maximum absolute atomic E-state index is 13.0. The number of piperidine rings is 1. The van der Waals surface area contributed by atoms with Crippen molar-refractivity contribution in [2.45, 2.75) is 44.6 Å². The van der Waals surface area contributed by atoms with E-state index in [0.29, 0.717) is 48.1 Å². The van der Waals surface area contributed by atoms with Gasteiger partial charge < -0.3 is 15.0 Å². The third-order valence-corrected chi connectivity index (χ3v) is 9.34. The monoisotopic (exact) mass is 505 g/mol. The molecule has 0 saturated carbocycles. The highest BCUT2D eigenvalue weighted by Gasteiger charge is 2.30. The van der Waals surface area contributed by atoms with Gasteiger partial charge in [0.1, 0.15) is 5.00 Å². The molecule has 8 nitrogen and oxygen atoms in total. The molecular weight excluding hydrogens is 474 g/mol. The summed E-state index contributed by atoms with van der Waals surface area (Å²) in [6, 6.07) is 5.98.